The molecule has 1 atom stereocenters. The van der Waals surface area contributed by atoms with Crippen LogP contribution in [0.25, 0.3) is 0 Å². The average molecular weight is 499 g/mol. The molecule has 2 aliphatic heterocycles. The minimum absolute atomic E-state index is 0.0265. The molecule has 2 aromatic carbocycles. The summed E-state index contributed by atoms with van der Waals surface area (Å²) in [7, 11) is 0.277. The van der Waals surface area contributed by atoms with E-state index in [1.807, 2.05) is 51.0 Å². The van der Waals surface area contributed by atoms with E-state index in [0.717, 1.165) is 36.1 Å². The summed E-state index contributed by atoms with van der Waals surface area (Å²) in [4.78, 5) is 29.2. The lowest BCUT2D eigenvalue weighted by molar-refractivity contribution is -0.121. The predicted octanol–water partition coefficient (Wildman–Crippen LogP) is 3.54. The number of hydrogen-bond acceptors (Lipinski definition) is 5. The van der Waals surface area contributed by atoms with Gasteiger partial charge in [0.1, 0.15) is 6.54 Å². The van der Waals surface area contributed by atoms with Crippen LogP contribution in [0.4, 0.5) is 17.1 Å². The Labute approximate surface area is 207 Å². The molecule has 0 saturated carbocycles. The van der Waals surface area contributed by atoms with Crippen LogP contribution in [0.2, 0.25) is 0 Å². The van der Waals surface area contributed by atoms with Crippen molar-refractivity contribution in [2.24, 2.45) is 0 Å². The van der Waals surface area contributed by atoms with E-state index in [1.165, 1.54) is 4.90 Å². The van der Waals surface area contributed by atoms with Gasteiger partial charge in [0.15, 0.2) is 0 Å². The number of fused-ring (bicyclic) bond motifs is 1. The molecular weight excluding hydrogens is 464 g/mol. The molecule has 2 heterocycles. The van der Waals surface area contributed by atoms with Gasteiger partial charge in [0.25, 0.3) is 0 Å². The number of carbonyl (C=O) groups excluding carboxylic acids is 2. The third-order valence-electron chi connectivity index (χ3n) is 6.88. The second kappa shape index (κ2) is 9.99. The van der Waals surface area contributed by atoms with Gasteiger partial charge in [-0.15, -0.1) is 0 Å². The lowest BCUT2D eigenvalue weighted by Gasteiger charge is -2.33. The Hall–Kier alpha value is -2.91. The van der Waals surface area contributed by atoms with E-state index in [0.29, 0.717) is 24.3 Å². The Morgan fingerprint density at radius 2 is 1.89 bits per heavy atom. The van der Waals surface area contributed by atoms with E-state index in [1.54, 1.807) is 22.5 Å². The van der Waals surface area contributed by atoms with Crippen molar-refractivity contribution in [3.8, 4) is 0 Å². The average Bonchev–Trinajstić information content (AvgIpc) is 2.81. The Bertz CT molecular complexity index is 1240. The van der Waals surface area contributed by atoms with Gasteiger partial charge < -0.3 is 15.1 Å². The van der Waals surface area contributed by atoms with Crippen molar-refractivity contribution >= 4 is 38.9 Å². The molecule has 0 unspecified atom stereocenters. The Kier molecular flexibility index (Phi) is 7.19. The second-order valence-electron chi connectivity index (χ2n) is 9.67. The minimum Gasteiger partial charge on any atom is -0.377 e. The fourth-order valence-electron chi connectivity index (χ4n) is 4.95. The molecular formula is C26H34N4O4S. The molecule has 8 nitrogen and oxygen atoms in total. The van der Waals surface area contributed by atoms with Crippen LogP contribution in [-0.2, 0) is 26.0 Å². The highest BCUT2D eigenvalue weighted by atomic mass is 32.2. The fraction of sp³-hybridized carbons (Fsp3) is 0.462. The largest absolute Gasteiger partial charge is 0.377 e. The minimum atomic E-state index is -3.61. The number of amides is 2. The van der Waals surface area contributed by atoms with Gasteiger partial charge in [-0.1, -0.05) is 12.5 Å². The highest BCUT2D eigenvalue weighted by Gasteiger charge is 2.33. The monoisotopic (exact) mass is 498 g/mol. The number of anilines is 3. The molecule has 1 saturated heterocycles. The van der Waals surface area contributed by atoms with Crippen LogP contribution in [0.5, 0.6) is 0 Å². The molecule has 0 aromatic heterocycles. The van der Waals surface area contributed by atoms with E-state index >= 15 is 0 Å². The van der Waals surface area contributed by atoms with Crippen molar-refractivity contribution in [2.45, 2.75) is 56.9 Å². The molecule has 0 radical (unpaired) electrons. The highest BCUT2D eigenvalue weighted by molar-refractivity contribution is 7.89. The number of sulfonamides is 1. The zero-order chi connectivity index (χ0) is 25.3. The molecule has 188 valence electrons. The van der Waals surface area contributed by atoms with E-state index in [4.69, 9.17) is 0 Å². The molecule has 9 heteroatoms. The normalized spacial score (nSPS) is 18.8. The smallest absolute Gasteiger partial charge is 0.244 e. The number of benzene rings is 2. The number of rotatable bonds is 6. The first-order valence-corrected chi connectivity index (χ1v) is 13.5. The van der Waals surface area contributed by atoms with Crippen molar-refractivity contribution in [2.75, 3.05) is 42.3 Å². The maximum atomic E-state index is 13.3. The molecule has 1 fully saturated rings. The molecule has 35 heavy (non-hydrogen) atoms. The quantitative estimate of drug-likeness (QED) is 0.658. The predicted molar refractivity (Wildman–Crippen MR) is 138 cm³/mol. The maximum absolute atomic E-state index is 13.3. The first kappa shape index (κ1) is 25.2. The van der Waals surface area contributed by atoms with Gasteiger partial charge in [0.05, 0.1) is 4.90 Å². The fourth-order valence-corrected chi connectivity index (χ4v) is 6.70. The lowest BCUT2D eigenvalue weighted by Crippen LogP contribution is -2.42. The molecule has 0 bridgehead atoms. The molecule has 2 aliphatic rings. The molecule has 2 aromatic rings. The first-order chi connectivity index (χ1) is 16.6. The van der Waals surface area contributed by atoms with Gasteiger partial charge in [-0.2, -0.15) is 4.31 Å². The van der Waals surface area contributed by atoms with Crippen molar-refractivity contribution in [3.05, 3.63) is 47.5 Å². The second-order valence-corrected chi connectivity index (χ2v) is 11.6. The van der Waals surface area contributed by atoms with Crippen molar-refractivity contribution in [3.63, 3.8) is 0 Å². The molecule has 2 amide bonds. The van der Waals surface area contributed by atoms with Crippen molar-refractivity contribution in [1.29, 1.82) is 0 Å². The number of aryl methyl sites for hydroxylation is 2. The number of hydrogen-bond donors (Lipinski definition) is 1. The van der Waals surface area contributed by atoms with Crippen LogP contribution in [0.3, 0.4) is 0 Å². The van der Waals surface area contributed by atoms with E-state index in [-0.39, 0.29) is 35.7 Å². The van der Waals surface area contributed by atoms with Gasteiger partial charge >= 0.3 is 0 Å². The summed E-state index contributed by atoms with van der Waals surface area (Å²) >= 11 is 0. The number of nitrogens with zero attached hydrogens (tertiary/aromatic N) is 3. The molecule has 0 spiro atoms. The topological polar surface area (TPSA) is 90.0 Å². The zero-order valence-electron chi connectivity index (χ0n) is 20.9. The van der Waals surface area contributed by atoms with Crippen LogP contribution in [-0.4, -0.2) is 57.8 Å². The first-order valence-electron chi connectivity index (χ1n) is 12.1. The molecule has 0 aliphatic carbocycles. The van der Waals surface area contributed by atoms with Gasteiger partial charge in [-0.3, -0.25) is 9.59 Å². The van der Waals surface area contributed by atoms with Gasteiger partial charge in [-0.25, -0.2) is 8.42 Å². The van der Waals surface area contributed by atoms with Gasteiger partial charge in [0, 0.05) is 50.2 Å². The third-order valence-corrected chi connectivity index (χ3v) is 8.89. The van der Waals surface area contributed by atoms with Crippen molar-refractivity contribution < 1.29 is 18.0 Å². The summed E-state index contributed by atoms with van der Waals surface area (Å²) < 4.78 is 28.2. The summed E-state index contributed by atoms with van der Waals surface area (Å²) in [6.45, 7) is 4.35. The van der Waals surface area contributed by atoms with Crippen LogP contribution in [0.1, 0.15) is 43.7 Å². The Balaban J connectivity index is 1.54. The Morgan fingerprint density at radius 3 is 2.60 bits per heavy atom. The van der Waals surface area contributed by atoms with Crippen molar-refractivity contribution in [1.82, 2.24) is 4.31 Å². The number of nitrogens with one attached hydrogen (secondary N) is 1. The standard InChI is InChI=1S/C26H34N4O4S/c1-18-8-10-21(16-24(18)28(3)4)27-25(31)17-29-23-12-11-22(15-20(23)9-13-26(29)32)35(33,34)30-14-6-5-7-19(30)2/h8,10-12,15-16,19H,5-7,9,13-14,17H2,1-4H3,(H,27,31)/t19-/m1/s1. The highest BCUT2D eigenvalue weighted by Crippen LogP contribution is 2.33. The van der Waals surface area contributed by atoms with Crippen LogP contribution >= 0.6 is 0 Å². The Morgan fingerprint density at radius 1 is 1.11 bits per heavy atom. The number of piperidine rings is 1. The van der Waals surface area contributed by atoms with Crippen LogP contribution in [0.15, 0.2) is 41.3 Å². The SMILES string of the molecule is Cc1ccc(NC(=O)CN2C(=O)CCc3cc(S(=O)(=O)N4CCCC[C@H]4C)ccc32)cc1N(C)C. The summed E-state index contributed by atoms with van der Waals surface area (Å²) in [6, 6.07) is 10.5. The van der Waals surface area contributed by atoms with Gasteiger partial charge in [-0.05, 0) is 74.6 Å². The maximum Gasteiger partial charge on any atom is 0.244 e. The van der Waals surface area contributed by atoms with Crippen LogP contribution in [0, 0.1) is 6.92 Å². The summed E-state index contributed by atoms with van der Waals surface area (Å²) in [6.07, 6.45) is 3.45. The summed E-state index contributed by atoms with van der Waals surface area (Å²) in [5.74, 6) is -0.454. The lowest BCUT2D eigenvalue weighted by atomic mass is 10.0. The van der Waals surface area contributed by atoms with E-state index < -0.39 is 10.0 Å². The molecule has 1 N–H and O–H groups in total. The number of carbonyl (C=O) groups is 2. The summed E-state index contributed by atoms with van der Waals surface area (Å²) in [5, 5.41) is 2.88. The van der Waals surface area contributed by atoms with Gasteiger partial charge in [0.2, 0.25) is 21.8 Å². The molecule has 4 rings (SSSR count). The zero-order valence-corrected chi connectivity index (χ0v) is 21.7. The summed E-state index contributed by atoms with van der Waals surface area (Å²) in [5.41, 5.74) is 4.12. The third kappa shape index (κ3) is 5.21. The van der Waals surface area contributed by atoms with E-state index in [9.17, 15) is 18.0 Å². The van der Waals surface area contributed by atoms with E-state index in [2.05, 4.69) is 5.32 Å². The van der Waals surface area contributed by atoms with Crippen LogP contribution < -0.4 is 15.1 Å².